The van der Waals surface area contributed by atoms with Crippen LogP contribution in [-0.4, -0.2) is 42.7 Å². The Morgan fingerprint density at radius 1 is 1.32 bits per heavy atom. The molecule has 2 aliphatic heterocycles. The van der Waals surface area contributed by atoms with Crippen LogP contribution in [0.3, 0.4) is 0 Å². The van der Waals surface area contributed by atoms with Crippen LogP contribution in [0.1, 0.15) is 30.1 Å². The Bertz CT molecular complexity index is 866. The third kappa shape index (κ3) is 2.89. The molecule has 1 fully saturated rings. The maximum Gasteiger partial charge on any atom is 0.243 e. The lowest BCUT2D eigenvalue weighted by molar-refractivity contribution is 0.0619. The molecule has 2 aromatic rings. The van der Waals surface area contributed by atoms with Gasteiger partial charge >= 0.3 is 0 Å². The molecule has 134 valence electrons. The number of nitrogens with one attached hydrogen (secondary N) is 1. The number of fused-ring (bicyclic) bond motifs is 4. The van der Waals surface area contributed by atoms with Gasteiger partial charge in [0.05, 0.1) is 17.1 Å². The molecule has 6 nitrogen and oxygen atoms in total. The van der Waals surface area contributed by atoms with Crippen LogP contribution in [-0.2, 0) is 21.2 Å². The number of hydrogen-bond donors (Lipinski definition) is 1. The zero-order chi connectivity index (χ0) is 17.6. The molecule has 4 rings (SSSR count). The molecule has 0 amide bonds. The van der Waals surface area contributed by atoms with Crippen molar-refractivity contribution in [2.45, 2.75) is 36.2 Å². The second kappa shape index (κ2) is 6.39. The Kier molecular flexibility index (Phi) is 4.35. The molecule has 1 N–H and O–H groups in total. The minimum atomic E-state index is -3.60. The van der Waals surface area contributed by atoms with E-state index in [1.54, 1.807) is 41.9 Å². The summed E-state index contributed by atoms with van der Waals surface area (Å²) in [6.07, 6.45) is 3.94. The van der Waals surface area contributed by atoms with Gasteiger partial charge in [0.15, 0.2) is 0 Å². The maximum absolute atomic E-state index is 13.3. The first kappa shape index (κ1) is 17.0. The van der Waals surface area contributed by atoms with Gasteiger partial charge in [0, 0.05) is 42.5 Å². The first-order valence-corrected chi connectivity index (χ1v) is 10.1. The highest BCUT2D eigenvalue weighted by molar-refractivity contribution is 7.89. The van der Waals surface area contributed by atoms with Crippen molar-refractivity contribution in [2.75, 3.05) is 13.7 Å². The molecule has 3 heterocycles. The molecular formula is C17H20ClN3O3S. The fourth-order valence-corrected chi connectivity index (χ4v) is 6.11. The van der Waals surface area contributed by atoms with Crippen LogP contribution in [0.15, 0.2) is 35.4 Å². The summed E-state index contributed by atoms with van der Waals surface area (Å²) < 4.78 is 33.7. The molecule has 2 aliphatic rings. The smallest absolute Gasteiger partial charge is 0.243 e. The van der Waals surface area contributed by atoms with Gasteiger partial charge in [-0.2, -0.15) is 9.40 Å². The summed E-state index contributed by atoms with van der Waals surface area (Å²) in [5.41, 5.74) is 2.03. The van der Waals surface area contributed by atoms with Crippen molar-refractivity contribution >= 4 is 21.6 Å². The van der Waals surface area contributed by atoms with Crippen molar-refractivity contribution in [3.8, 4) is 0 Å². The predicted molar refractivity (Wildman–Crippen MR) is 93.9 cm³/mol. The molecule has 1 aromatic heterocycles. The van der Waals surface area contributed by atoms with E-state index in [1.807, 2.05) is 0 Å². The highest BCUT2D eigenvalue weighted by Gasteiger charge is 2.47. The Labute approximate surface area is 152 Å². The van der Waals surface area contributed by atoms with E-state index in [4.69, 9.17) is 16.3 Å². The summed E-state index contributed by atoms with van der Waals surface area (Å²) in [6.45, 7) is 0.648. The quantitative estimate of drug-likeness (QED) is 0.883. The summed E-state index contributed by atoms with van der Waals surface area (Å²) in [5, 5.41) is 7.70. The van der Waals surface area contributed by atoms with Gasteiger partial charge in [-0.25, -0.2) is 8.42 Å². The predicted octanol–water partition coefficient (Wildman–Crippen LogP) is 2.78. The van der Waals surface area contributed by atoms with E-state index in [9.17, 15) is 8.42 Å². The molecule has 0 aliphatic carbocycles. The van der Waals surface area contributed by atoms with Crippen molar-refractivity contribution in [3.63, 3.8) is 0 Å². The Hall–Kier alpha value is -1.41. The topological polar surface area (TPSA) is 75.3 Å². The number of aromatic amines is 1. The maximum atomic E-state index is 13.3. The minimum Gasteiger partial charge on any atom is -0.384 e. The van der Waals surface area contributed by atoms with Gasteiger partial charge in [0.1, 0.15) is 0 Å². The zero-order valence-corrected chi connectivity index (χ0v) is 15.4. The Balaban J connectivity index is 1.75. The van der Waals surface area contributed by atoms with Gasteiger partial charge in [0.25, 0.3) is 0 Å². The number of sulfonamides is 1. The number of methoxy groups -OCH3 is 1. The van der Waals surface area contributed by atoms with Crippen LogP contribution >= 0.6 is 11.6 Å². The van der Waals surface area contributed by atoms with E-state index in [0.717, 1.165) is 24.1 Å². The van der Waals surface area contributed by atoms with Gasteiger partial charge in [-0.15, -0.1) is 0 Å². The zero-order valence-electron chi connectivity index (χ0n) is 13.9. The third-order valence-electron chi connectivity index (χ3n) is 5.17. The number of rotatable bonds is 4. The molecule has 3 atom stereocenters. The highest BCUT2D eigenvalue weighted by atomic mass is 35.5. The molecular weight excluding hydrogens is 362 g/mol. The van der Waals surface area contributed by atoms with E-state index in [0.29, 0.717) is 24.0 Å². The van der Waals surface area contributed by atoms with Gasteiger partial charge in [0.2, 0.25) is 10.0 Å². The Morgan fingerprint density at radius 3 is 2.80 bits per heavy atom. The molecule has 0 spiro atoms. The second-order valence-corrected chi connectivity index (χ2v) is 9.04. The molecule has 2 bridgehead atoms. The standard InChI is InChI=1S/C17H20ClN3O3S/c1-24-10-11-6-13-8-16-15(9-19-20-16)17(7-11)21(13)25(22,23)14-4-2-12(18)3-5-14/h2-5,9,11,13,17H,6-8,10H2,1H3,(H,19,20). The number of H-pyrrole nitrogens is 1. The summed E-state index contributed by atoms with van der Waals surface area (Å²) in [5.74, 6) is 0.347. The molecule has 8 heteroatoms. The van der Waals surface area contributed by atoms with Crippen LogP contribution in [0.25, 0.3) is 0 Å². The SMILES string of the molecule is COCC1CC2Cc3[nH]ncc3C(C1)N2S(=O)(=O)c1ccc(Cl)cc1. The number of aromatic nitrogens is 2. The fraction of sp³-hybridized carbons (Fsp3) is 0.471. The van der Waals surface area contributed by atoms with Gasteiger partial charge in [-0.3, -0.25) is 5.10 Å². The van der Waals surface area contributed by atoms with E-state index in [-0.39, 0.29) is 17.0 Å². The number of halogens is 1. The molecule has 3 unspecified atom stereocenters. The van der Waals surface area contributed by atoms with Crippen molar-refractivity contribution < 1.29 is 13.2 Å². The van der Waals surface area contributed by atoms with Crippen LogP contribution in [0.5, 0.6) is 0 Å². The lowest BCUT2D eigenvalue weighted by Crippen LogP contribution is -2.52. The van der Waals surface area contributed by atoms with E-state index in [1.165, 1.54) is 0 Å². The van der Waals surface area contributed by atoms with Crippen molar-refractivity contribution in [1.82, 2.24) is 14.5 Å². The van der Waals surface area contributed by atoms with Gasteiger partial charge in [-0.1, -0.05) is 11.6 Å². The largest absolute Gasteiger partial charge is 0.384 e. The van der Waals surface area contributed by atoms with Crippen LogP contribution in [0, 0.1) is 5.92 Å². The van der Waals surface area contributed by atoms with Crippen LogP contribution in [0.2, 0.25) is 5.02 Å². The molecule has 1 aromatic carbocycles. The molecule has 1 saturated heterocycles. The second-order valence-electron chi connectivity index (χ2n) is 6.76. The highest BCUT2D eigenvalue weighted by Crippen LogP contribution is 2.46. The fourth-order valence-electron chi connectivity index (χ4n) is 4.17. The normalized spacial score (nSPS) is 26.4. The lowest BCUT2D eigenvalue weighted by atomic mass is 9.79. The van der Waals surface area contributed by atoms with Crippen LogP contribution in [0.4, 0.5) is 0 Å². The molecule has 0 saturated carbocycles. The number of ether oxygens (including phenoxy) is 1. The number of benzene rings is 1. The summed E-state index contributed by atoms with van der Waals surface area (Å²) >= 11 is 5.91. The Morgan fingerprint density at radius 2 is 2.08 bits per heavy atom. The van der Waals surface area contributed by atoms with E-state index in [2.05, 4.69) is 10.2 Å². The lowest BCUT2D eigenvalue weighted by Gasteiger charge is -2.47. The average molecular weight is 382 g/mol. The average Bonchev–Trinajstić information content (AvgIpc) is 3.03. The summed E-state index contributed by atoms with van der Waals surface area (Å²) in [7, 11) is -1.91. The molecule has 0 radical (unpaired) electrons. The van der Waals surface area contributed by atoms with Crippen molar-refractivity contribution in [1.29, 1.82) is 0 Å². The van der Waals surface area contributed by atoms with E-state index < -0.39 is 10.0 Å². The van der Waals surface area contributed by atoms with Crippen molar-refractivity contribution in [3.05, 3.63) is 46.7 Å². The summed E-state index contributed by atoms with van der Waals surface area (Å²) in [6, 6.07) is 6.08. The number of piperidine rings is 1. The first-order valence-electron chi connectivity index (χ1n) is 8.31. The number of nitrogens with zero attached hydrogens (tertiary/aromatic N) is 2. The third-order valence-corrected chi connectivity index (χ3v) is 7.40. The molecule has 25 heavy (non-hydrogen) atoms. The number of hydrogen-bond acceptors (Lipinski definition) is 4. The minimum absolute atomic E-state index is 0.0903. The first-order chi connectivity index (χ1) is 12.0. The van der Waals surface area contributed by atoms with Crippen molar-refractivity contribution in [2.24, 2.45) is 5.92 Å². The van der Waals surface area contributed by atoms with Crippen LogP contribution < -0.4 is 0 Å². The summed E-state index contributed by atoms with van der Waals surface area (Å²) in [4.78, 5) is 0.282. The van der Waals surface area contributed by atoms with Gasteiger partial charge < -0.3 is 4.74 Å². The monoisotopic (exact) mass is 381 g/mol. The van der Waals surface area contributed by atoms with E-state index >= 15 is 0 Å². The van der Waals surface area contributed by atoms with Gasteiger partial charge in [-0.05, 0) is 43.0 Å².